The van der Waals surface area contributed by atoms with Gasteiger partial charge in [0, 0.05) is 34.3 Å². The molecule has 0 radical (unpaired) electrons. The summed E-state index contributed by atoms with van der Waals surface area (Å²) in [7, 11) is 0. The lowest BCUT2D eigenvalue weighted by Gasteiger charge is -2.06. The highest BCUT2D eigenvalue weighted by molar-refractivity contribution is 6.31. The van der Waals surface area contributed by atoms with E-state index in [0.717, 1.165) is 27.8 Å². The largest absolute Gasteiger partial charge is 0.494 e. The van der Waals surface area contributed by atoms with Crippen LogP contribution in [0, 0.1) is 5.95 Å². The number of carbonyl (C=O) groups excluding carboxylic acids is 1. The second kappa shape index (κ2) is 9.06. The van der Waals surface area contributed by atoms with E-state index in [0.29, 0.717) is 22.9 Å². The summed E-state index contributed by atoms with van der Waals surface area (Å²) in [6.45, 7) is 2.49. The number of hydrogen-bond donors (Lipinski definition) is 0. The van der Waals surface area contributed by atoms with Crippen LogP contribution in [0.2, 0.25) is 5.15 Å². The number of ether oxygens (including phenoxy) is 1. The number of aromatic nitrogens is 2. The number of nitrogens with zero attached hydrogens (tertiary/aromatic N) is 2. The van der Waals surface area contributed by atoms with Gasteiger partial charge in [0.25, 0.3) is 0 Å². The van der Waals surface area contributed by atoms with Crippen LogP contribution in [-0.4, -0.2) is 22.4 Å². The van der Waals surface area contributed by atoms with Gasteiger partial charge < -0.3 is 4.74 Å². The third-order valence-electron chi connectivity index (χ3n) is 4.73. The summed E-state index contributed by atoms with van der Waals surface area (Å²) in [4.78, 5) is 20.6. The topological polar surface area (TPSA) is 52.1 Å². The molecule has 4 nitrogen and oxygen atoms in total. The van der Waals surface area contributed by atoms with Gasteiger partial charge in [-0.05, 0) is 55.0 Å². The molecule has 6 heteroatoms. The molecule has 2 heterocycles. The zero-order valence-corrected chi connectivity index (χ0v) is 17.4. The van der Waals surface area contributed by atoms with E-state index in [4.69, 9.17) is 16.3 Å². The quantitative estimate of drug-likeness (QED) is 0.201. The van der Waals surface area contributed by atoms with Crippen molar-refractivity contribution in [1.82, 2.24) is 9.97 Å². The predicted octanol–water partition coefficient (Wildman–Crippen LogP) is 6.38. The van der Waals surface area contributed by atoms with Crippen molar-refractivity contribution in [2.75, 3.05) is 6.61 Å². The Morgan fingerprint density at radius 2 is 1.84 bits per heavy atom. The van der Waals surface area contributed by atoms with E-state index in [-0.39, 0.29) is 5.78 Å². The Labute approximate surface area is 184 Å². The van der Waals surface area contributed by atoms with Gasteiger partial charge in [0.2, 0.25) is 5.95 Å². The molecule has 4 aromatic rings. The van der Waals surface area contributed by atoms with E-state index < -0.39 is 5.95 Å². The highest BCUT2D eigenvalue weighted by Crippen LogP contribution is 2.25. The van der Waals surface area contributed by atoms with E-state index in [1.54, 1.807) is 36.4 Å². The van der Waals surface area contributed by atoms with E-state index in [9.17, 15) is 9.18 Å². The van der Waals surface area contributed by atoms with E-state index in [1.807, 2.05) is 31.2 Å². The first-order chi connectivity index (χ1) is 15.0. The molecule has 0 unspecified atom stereocenters. The first-order valence-corrected chi connectivity index (χ1v) is 10.1. The number of pyridine rings is 2. The van der Waals surface area contributed by atoms with Gasteiger partial charge in [-0.3, -0.25) is 4.79 Å². The number of rotatable bonds is 6. The maximum atomic E-state index is 13.0. The molecule has 2 aromatic heterocycles. The average molecular weight is 433 g/mol. The van der Waals surface area contributed by atoms with Crippen LogP contribution in [0.25, 0.3) is 28.1 Å². The summed E-state index contributed by atoms with van der Waals surface area (Å²) < 4.78 is 18.5. The van der Waals surface area contributed by atoms with Crippen LogP contribution >= 0.6 is 11.6 Å². The maximum Gasteiger partial charge on any atom is 0.212 e. The molecule has 0 aliphatic carbocycles. The summed E-state index contributed by atoms with van der Waals surface area (Å²) in [6, 6.07) is 17.5. The van der Waals surface area contributed by atoms with Crippen LogP contribution in [0.1, 0.15) is 22.8 Å². The fraction of sp³-hybridized carbons (Fsp3) is 0.0800. The Morgan fingerprint density at radius 1 is 1.06 bits per heavy atom. The molecule has 0 saturated carbocycles. The highest BCUT2D eigenvalue weighted by atomic mass is 35.5. The van der Waals surface area contributed by atoms with Crippen molar-refractivity contribution in [2.24, 2.45) is 0 Å². The van der Waals surface area contributed by atoms with Gasteiger partial charge in [-0.15, -0.1) is 0 Å². The Kier molecular flexibility index (Phi) is 6.05. The number of hydrogen-bond acceptors (Lipinski definition) is 4. The van der Waals surface area contributed by atoms with Crippen molar-refractivity contribution in [3.8, 4) is 16.9 Å². The SMILES string of the molecule is CCOc1ccc2cc(/C=C/C(=O)c3ccc(-c4ccc(F)nc4)cc3)c(Cl)nc2c1. The van der Waals surface area contributed by atoms with Gasteiger partial charge in [0.15, 0.2) is 5.78 Å². The summed E-state index contributed by atoms with van der Waals surface area (Å²) in [5.74, 6) is 0.0424. The predicted molar refractivity (Wildman–Crippen MR) is 121 cm³/mol. The van der Waals surface area contributed by atoms with Gasteiger partial charge in [-0.25, -0.2) is 9.97 Å². The number of benzene rings is 2. The van der Waals surface area contributed by atoms with Gasteiger partial charge in [0.05, 0.1) is 12.1 Å². The van der Waals surface area contributed by atoms with Crippen molar-refractivity contribution in [1.29, 1.82) is 0 Å². The van der Waals surface area contributed by atoms with Crippen molar-refractivity contribution >= 4 is 34.4 Å². The smallest absolute Gasteiger partial charge is 0.212 e. The van der Waals surface area contributed by atoms with Crippen molar-refractivity contribution in [2.45, 2.75) is 6.92 Å². The Bertz CT molecular complexity index is 1270. The van der Waals surface area contributed by atoms with Crippen LogP contribution in [0.4, 0.5) is 4.39 Å². The van der Waals surface area contributed by atoms with Crippen LogP contribution in [0.3, 0.4) is 0 Å². The third-order valence-corrected chi connectivity index (χ3v) is 5.03. The summed E-state index contributed by atoms with van der Waals surface area (Å²) in [5, 5.41) is 1.21. The molecule has 4 rings (SSSR count). The van der Waals surface area contributed by atoms with Gasteiger partial charge in [-0.2, -0.15) is 4.39 Å². The Hall–Kier alpha value is -3.57. The summed E-state index contributed by atoms with van der Waals surface area (Å²) in [6.07, 6.45) is 4.58. The zero-order valence-electron chi connectivity index (χ0n) is 16.7. The third kappa shape index (κ3) is 4.78. The molecule has 154 valence electrons. The number of carbonyl (C=O) groups is 1. The lowest BCUT2D eigenvalue weighted by atomic mass is 10.0. The molecule has 2 aromatic carbocycles. The molecule has 0 amide bonds. The Balaban J connectivity index is 1.53. The summed E-state index contributed by atoms with van der Waals surface area (Å²) >= 11 is 6.31. The second-order valence-corrected chi connectivity index (χ2v) is 7.16. The van der Waals surface area contributed by atoms with Gasteiger partial charge >= 0.3 is 0 Å². The first-order valence-electron chi connectivity index (χ1n) is 9.71. The van der Waals surface area contributed by atoms with Crippen LogP contribution in [0.5, 0.6) is 5.75 Å². The van der Waals surface area contributed by atoms with E-state index in [2.05, 4.69) is 9.97 Å². The minimum Gasteiger partial charge on any atom is -0.494 e. The number of ketones is 1. The van der Waals surface area contributed by atoms with Crippen LogP contribution in [-0.2, 0) is 0 Å². The fourth-order valence-corrected chi connectivity index (χ4v) is 3.36. The van der Waals surface area contributed by atoms with Crippen molar-refractivity contribution in [3.63, 3.8) is 0 Å². The number of halogens is 2. The van der Waals surface area contributed by atoms with Gasteiger partial charge in [0.1, 0.15) is 10.9 Å². The van der Waals surface area contributed by atoms with Crippen LogP contribution < -0.4 is 4.74 Å². The zero-order chi connectivity index (χ0) is 21.8. The number of allylic oxidation sites excluding steroid dienone is 1. The molecule has 0 aliphatic heterocycles. The summed E-state index contributed by atoms with van der Waals surface area (Å²) in [5.41, 5.74) is 3.53. The molecule has 0 fully saturated rings. The molecule has 0 bridgehead atoms. The lowest BCUT2D eigenvalue weighted by Crippen LogP contribution is -1.95. The molecular weight excluding hydrogens is 415 g/mol. The van der Waals surface area contributed by atoms with Gasteiger partial charge in [-0.1, -0.05) is 35.9 Å². The molecule has 0 saturated heterocycles. The highest BCUT2D eigenvalue weighted by Gasteiger charge is 2.07. The van der Waals surface area contributed by atoms with Crippen molar-refractivity contribution in [3.05, 3.63) is 95.2 Å². The van der Waals surface area contributed by atoms with E-state index in [1.165, 1.54) is 18.3 Å². The standard InChI is InChI=1S/C25H18ClFN2O2/c1-2-31-21-10-7-18-13-19(25(26)29-22(18)14-21)8-11-23(30)17-5-3-16(4-6-17)20-9-12-24(27)28-15-20/h3-15H,2H2,1H3/b11-8+. The minimum absolute atomic E-state index is 0.161. The molecule has 0 atom stereocenters. The second-order valence-electron chi connectivity index (χ2n) is 6.80. The average Bonchev–Trinajstić information content (AvgIpc) is 2.78. The lowest BCUT2D eigenvalue weighted by molar-refractivity contribution is 0.104. The minimum atomic E-state index is -0.530. The first kappa shape index (κ1) is 20.7. The van der Waals surface area contributed by atoms with E-state index >= 15 is 0 Å². The maximum absolute atomic E-state index is 13.0. The monoisotopic (exact) mass is 432 g/mol. The molecule has 0 aliphatic rings. The molecule has 0 N–H and O–H groups in total. The van der Waals surface area contributed by atoms with Crippen molar-refractivity contribution < 1.29 is 13.9 Å². The molecule has 0 spiro atoms. The molecule has 31 heavy (non-hydrogen) atoms. The fourth-order valence-electron chi connectivity index (χ4n) is 3.15. The normalized spacial score (nSPS) is 11.2. The Morgan fingerprint density at radius 3 is 2.55 bits per heavy atom. The number of fused-ring (bicyclic) bond motifs is 1. The van der Waals surface area contributed by atoms with Crippen LogP contribution in [0.15, 0.2) is 72.9 Å². The molecular formula is C25H18ClFN2O2.